The number of carbonyl (C=O) groups is 3. The fraction of sp³-hybridized carbons (Fsp3) is 0.250. The van der Waals surface area contributed by atoms with Crippen LogP contribution in [0.2, 0.25) is 0 Å². The lowest BCUT2D eigenvalue weighted by molar-refractivity contribution is -0.123. The summed E-state index contributed by atoms with van der Waals surface area (Å²) in [5.74, 6) is -2.62. The third-order valence-electron chi connectivity index (χ3n) is 4.42. The van der Waals surface area contributed by atoms with E-state index in [0.29, 0.717) is 18.7 Å². The number of benzene rings is 2. The maximum Gasteiger partial charge on any atom is 0.387 e. The number of imide groups is 1. The fourth-order valence-electron chi connectivity index (χ4n) is 2.93. The van der Waals surface area contributed by atoms with Crippen molar-refractivity contribution in [3.05, 3.63) is 59.7 Å². The Kier molecular flexibility index (Phi) is 7.03. The minimum atomic E-state index is -3.35. The highest BCUT2D eigenvalue weighted by atomic mass is 32.2. The second-order valence-corrected chi connectivity index (χ2v) is 8.66. The molecule has 1 aliphatic heterocycles. The van der Waals surface area contributed by atoms with E-state index < -0.39 is 41.0 Å². The molecular weight excluding hydrogens is 450 g/mol. The minimum absolute atomic E-state index is 0.0127. The van der Waals surface area contributed by atoms with E-state index in [1.54, 1.807) is 0 Å². The molecule has 1 saturated heterocycles. The van der Waals surface area contributed by atoms with Gasteiger partial charge in [-0.15, -0.1) is 0 Å². The van der Waals surface area contributed by atoms with E-state index in [1.165, 1.54) is 40.7 Å². The van der Waals surface area contributed by atoms with Crippen LogP contribution in [0.25, 0.3) is 0 Å². The lowest BCUT2D eigenvalue weighted by atomic mass is 10.2. The second-order valence-electron chi connectivity index (χ2n) is 6.64. The van der Waals surface area contributed by atoms with E-state index in [4.69, 9.17) is 4.74 Å². The number of ether oxygens (including phenoxy) is 2. The summed E-state index contributed by atoms with van der Waals surface area (Å²) in [5.41, 5.74) is 0.533. The van der Waals surface area contributed by atoms with Crippen LogP contribution in [0.15, 0.2) is 48.5 Å². The molecule has 0 radical (unpaired) electrons. The molecule has 170 valence electrons. The molecule has 32 heavy (non-hydrogen) atoms. The monoisotopic (exact) mass is 468 g/mol. The Morgan fingerprint density at radius 3 is 2.19 bits per heavy atom. The first-order valence-corrected chi connectivity index (χ1v) is 10.9. The van der Waals surface area contributed by atoms with Crippen LogP contribution in [0.4, 0.5) is 14.5 Å². The number of amides is 2. The summed E-state index contributed by atoms with van der Waals surface area (Å²) < 4.78 is 58.4. The molecule has 0 bridgehead atoms. The predicted octanol–water partition coefficient (Wildman–Crippen LogP) is 1.94. The number of hydrogen-bond donors (Lipinski definition) is 1. The van der Waals surface area contributed by atoms with E-state index in [-0.39, 0.29) is 22.6 Å². The van der Waals surface area contributed by atoms with Gasteiger partial charge in [0.2, 0.25) is 10.0 Å². The number of rotatable bonds is 7. The van der Waals surface area contributed by atoms with Crippen LogP contribution >= 0.6 is 0 Å². The van der Waals surface area contributed by atoms with Crippen LogP contribution in [0.5, 0.6) is 5.75 Å². The van der Waals surface area contributed by atoms with Crippen molar-refractivity contribution in [1.82, 2.24) is 5.32 Å². The van der Waals surface area contributed by atoms with Crippen molar-refractivity contribution < 1.29 is 41.1 Å². The van der Waals surface area contributed by atoms with Crippen molar-refractivity contribution >= 4 is 33.5 Å². The quantitative estimate of drug-likeness (QED) is 0.617. The number of nitrogens with zero attached hydrogens (tertiary/aromatic N) is 1. The average Bonchev–Trinajstić information content (AvgIpc) is 3.11. The molecule has 1 fully saturated rings. The summed E-state index contributed by atoms with van der Waals surface area (Å²) in [5, 5.41) is 2.00. The van der Waals surface area contributed by atoms with Crippen LogP contribution in [0.3, 0.4) is 0 Å². The number of hydrogen-bond acceptors (Lipinski definition) is 7. The Morgan fingerprint density at radius 2 is 1.62 bits per heavy atom. The van der Waals surface area contributed by atoms with Gasteiger partial charge in [0, 0.05) is 12.1 Å². The lowest BCUT2D eigenvalue weighted by Crippen LogP contribution is -2.34. The third kappa shape index (κ3) is 5.78. The molecule has 12 heteroatoms. The largest absolute Gasteiger partial charge is 0.452 e. The molecule has 1 heterocycles. The standard InChI is InChI=1S/C20H18F2N2O7S/c21-20(22)31-16-8-4-13(5-9-16)18(26)23-17(25)12-30-19(27)14-2-6-15(7-3-14)24-10-1-11-32(24,28)29/h2-9,20H,1,10-12H2,(H,23,25,26). The van der Waals surface area contributed by atoms with Gasteiger partial charge in [0.25, 0.3) is 11.8 Å². The van der Waals surface area contributed by atoms with Crippen molar-refractivity contribution in [1.29, 1.82) is 0 Å². The second kappa shape index (κ2) is 9.73. The summed E-state index contributed by atoms with van der Waals surface area (Å²) in [6, 6.07) is 10.3. The normalized spacial score (nSPS) is 14.8. The molecule has 3 rings (SSSR count). The number of esters is 1. The van der Waals surface area contributed by atoms with Gasteiger partial charge in [0.05, 0.1) is 17.0 Å². The maximum absolute atomic E-state index is 12.1. The number of sulfonamides is 1. The first-order valence-electron chi connectivity index (χ1n) is 9.32. The number of halogens is 2. The Bertz CT molecular complexity index is 1100. The Balaban J connectivity index is 1.50. The van der Waals surface area contributed by atoms with Gasteiger partial charge >= 0.3 is 12.6 Å². The highest BCUT2D eigenvalue weighted by Gasteiger charge is 2.28. The van der Waals surface area contributed by atoms with Gasteiger partial charge < -0.3 is 9.47 Å². The molecule has 0 saturated carbocycles. The highest BCUT2D eigenvalue weighted by molar-refractivity contribution is 7.93. The summed E-state index contributed by atoms with van der Waals surface area (Å²) >= 11 is 0. The van der Waals surface area contributed by atoms with Crippen molar-refractivity contribution in [2.45, 2.75) is 13.0 Å². The van der Waals surface area contributed by atoms with E-state index in [1.807, 2.05) is 5.32 Å². The van der Waals surface area contributed by atoms with Crippen molar-refractivity contribution in [2.24, 2.45) is 0 Å². The maximum atomic E-state index is 12.1. The topological polar surface area (TPSA) is 119 Å². The zero-order valence-electron chi connectivity index (χ0n) is 16.5. The predicted molar refractivity (Wildman–Crippen MR) is 108 cm³/mol. The van der Waals surface area contributed by atoms with Gasteiger partial charge in [0.15, 0.2) is 6.61 Å². The van der Waals surface area contributed by atoms with Gasteiger partial charge in [-0.1, -0.05) is 0 Å². The molecule has 1 aliphatic rings. The summed E-state index contributed by atoms with van der Waals surface area (Å²) in [6.07, 6.45) is 0.521. The van der Waals surface area contributed by atoms with Crippen LogP contribution in [0.1, 0.15) is 27.1 Å². The molecule has 0 atom stereocenters. The van der Waals surface area contributed by atoms with Gasteiger partial charge in [-0.05, 0) is 55.0 Å². The van der Waals surface area contributed by atoms with E-state index >= 15 is 0 Å². The SMILES string of the molecule is O=C(COC(=O)c1ccc(N2CCCS2(=O)=O)cc1)NC(=O)c1ccc(OC(F)F)cc1. The number of carbonyl (C=O) groups excluding carboxylic acids is 3. The van der Waals surface area contributed by atoms with Crippen molar-refractivity contribution in [2.75, 3.05) is 23.2 Å². The van der Waals surface area contributed by atoms with Gasteiger partial charge in [-0.3, -0.25) is 19.2 Å². The van der Waals surface area contributed by atoms with Crippen LogP contribution in [-0.4, -0.2) is 51.7 Å². The summed E-state index contributed by atoms with van der Waals surface area (Å²) in [6.45, 7) is -3.38. The van der Waals surface area contributed by atoms with Crippen LogP contribution in [0, 0.1) is 0 Å². The molecule has 0 aliphatic carbocycles. The molecule has 9 nitrogen and oxygen atoms in total. The van der Waals surface area contributed by atoms with Crippen LogP contribution in [-0.2, 0) is 19.6 Å². The average molecular weight is 468 g/mol. The Labute approximate surface area is 182 Å². The van der Waals surface area contributed by atoms with Gasteiger partial charge in [-0.25, -0.2) is 13.2 Å². The number of nitrogens with one attached hydrogen (secondary N) is 1. The van der Waals surface area contributed by atoms with Crippen LogP contribution < -0.4 is 14.4 Å². The number of anilines is 1. The minimum Gasteiger partial charge on any atom is -0.452 e. The molecular formula is C20H18F2N2O7S. The molecule has 0 spiro atoms. The Hall–Kier alpha value is -3.54. The number of alkyl halides is 2. The van der Waals surface area contributed by atoms with Gasteiger partial charge in [-0.2, -0.15) is 8.78 Å². The molecule has 0 aromatic heterocycles. The summed E-state index contributed by atoms with van der Waals surface area (Å²) in [4.78, 5) is 36.0. The fourth-order valence-corrected chi connectivity index (χ4v) is 4.49. The van der Waals surface area contributed by atoms with E-state index in [9.17, 15) is 31.6 Å². The molecule has 2 aromatic rings. The zero-order chi connectivity index (χ0) is 23.3. The molecule has 2 aromatic carbocycles. The molecule has 1 N–H and O–H groups in total. The van der Waals surface area contributed by atoms with E-state index in [0.717, 1.165) is 12.1 Å². The highest BCUT2D eigenvalue weighted by Crippen LogP contribution is 2.24. The van der Waals surface area contributed by atoms with E-state index in [2.05, 4.69) is 4.74 Å². The summed E-state index contributed by atoms with van der Waals surface area (Å²) in [7, 11) is -3.35. The van der Waals surface area contributed by atoms with Crippen molar-refractivity contribution in [3.63, 3.8) is 0 Å². The third-order valence-corrected chi connectivity index (χ3v) is 6.29. The lowest BCUT2D eigenvalue weighted by Gasteiger charge is -2.16. The first kappa shape index (κ1) is 23.1. The Morgan fingerprint density at radius 1 is 1.00 bits per heavy atom. The first-order chi connectivity index (χ1) is 15.2. The van der Waals surface area contributed by atoms with Crippen molar-refractivity contribution in [3.8, 4) is 5.75 Å². The smallest absolute Gasteiger partial charge is 0.387 e. The van der Waals surface area contributed by atoms with Gasteiger partial charge in [0.1, 0.15) is 5.75 Å². The molecule has 0 unspecified atom stereocenters. The molecule has 2 amide bonds. The zero-order valence-corrected chi connectivity index (χ0v) is 17.3.